The summed E-state index contributed by atoms with van der Waals surface area (Å²) in [5, 5.41) is 2.62. The molecule has 0 fully saturated rings. The number of nitrogens with one attached hydrogen (secondary N) is 2. The molecule has 11 heteroatoms. The molecule has 0 radical (unpaired) electrons. The average Bonchev–Trinajstić information content (AvgIpc) is 3.11. The number of benzene rings is 2. The molecule has 164 valence electrons. The third-order valence-corrected chi connectivity index (χ3v) is 4.46. The van der Waals surface area contributed by atoms with Gasteiger partial charge in [-0.2, -0.15) is 0 Å². The number of carbonyl (C=O) groups is 1. The quantitative estimate of drug-likeness (QED) is 0.450. The molecule has 7 nitrogen and oxygen atoms in total. The van der Waals surface area contributed by atoms with Crippen molar-refractivity contribution in [1.82, 2.24) is 15.3 Å². The van der Waals surface area contributed by atoms with Gasteiger partial charge in [0.25, 0.3) is 5.91 Å². The van der Waals surface area contributed by atoms with Crippen LogP contribution in [0.15, 0.2) is 70.0 Å². The molecule has 0 aliphatic rings. The van der Waals surface area contributed by atoms with Crippen molar-refractivity contribution in [2.45, 2.75) is 12.4 Å². The summed E-state index contributed by atoms with van der Waals surface area (Å²) in [5.41, 5.74) is 0.801. The molecule has 2 heterocycles. The number of ether oxygens (including phenoxy) is 1. The first kappa shape index (κ1) is 21.1. The van der Waals surface area contributed by atoms with E-state index in [0.717, 1.165) is 18.2 Å². The first-order valence-electron chi connectivity index (χ1n) is 9.09. The monoisotopic (exact) mass is 447 g/mol. The van der Waals surface area contributed by atoms with Crippen molar-refractivity contribution in [2.75, 3.05) is 0 Å². The first-order chi connectivity index (χ1) is 15.2. The number of aromatic nitrogens is 2. The largest absolute Gasteiger partial charge is 0.573 e. The lowest BCUT2D eigenvalue weighted by atomic mass is 10.0. The van der Waals surface area contributed by atoms with Crippen LogP contribution in [0.5, 0.6) is 5.75 Å². The summed E-state index contributed by atoms with van der Waals surface area (Å²) in [5.74, 6) is -2.52. The number of amides is 1. The van der Waals surface area contributed by atoms with Gasteiger partial charge in [0.1, 0.15) is 17.3 Å². The second kappa shape index (κ2) is 8.17. The molecule has 0 aliphatic heterocycles. The molecule has 0 saturated carbocycles. The van der Waals surface area contributed by atoms with Crippen molar-refractivity contribution >= 4 is 17.0 Å². The maximum Gasteiger partial charge on any atom is 0.573 e. The van der Waals surface area contributed by atoms with E-state index in [4.69, 9.17) is 4.42 Å². The highest BCUT2D eigenvalue weighted by atomic mass is 19.4. The minimum atomic E-state index is -4.87. The van der Waals surface area contributed by atoms with Gasteiger partial charge in [0.05, 0.1) is 11.6 Å². The summed E-state index contributed by atoms with van der Waals surface area (Å²) < 4.78 is 60.5. The fraction of sp³-hybridized carbons (Fsp3) is 0.0952. The van der Waals surface area contributed by atoms with Crippen molar-refractivity contribution in [3.05, 3.63) is 94.0 Å². The third-order valence-electron chi connectivity index (χ3n) is 4.46. The van der Waals surface area contributed by atoms with Crippen LogP contribution in [0.1, 0.15) is 27.7 Å². The SMILES string of the molecule is O=C(N[C@@H](c1ccc(OC(F)(F)F)cc1)c1ncccc1F)c1ccc2oc(=O)[nH]c2c1. The normalized spacial score (nSPS) is 12.5. The molecule has 2 aromatic heterocycles. The molecule has 32 heavy (non-hydrogen) atoms. The van der Waals surface area contributed by atoms with Gasteiger partial charge in [-0.15, -0.1) is 13.2 Å². The third kappa shape index (κ3) is 4.61. The van der Waals surface area contributed by atoms with E-state index in [9.17, 15) is 27.2 Å². The van der Waals surface area contributed by atoms with Gasteiger partial charge in [0.2, 0.25) is 0 Å². The Morgan fingerprint density at radius 2 is 1.88 bits per heavy atom. The summed E-state index contributed by atoms with van der Waals surface area (Å²) >= 11 is 0. The molecule has 0 spiro atoms. The van der Waals surface area contributed by atoms with E-state index >= 15 is 0 Å². The predicted octanol–water partition coefficient (Wildman–Crippen LogP) is 4.07. The van der Waals surface area contributed by atoms with Crippen molar-refractivity contribution in [3.8, 4) is 5.75 Å². The zero-order valence-electron chi connectivity index (χ0n) is 15.9. The molecule has 0 aliphatic carbocycles. The van der Waals surface area contributed by atoms with E-state index in [2.05, 4.69) is 20.0 Å². The number of aromatic amines is 1. The lowest BCUT2D eigenvalue weighted by Gasteiger charge is -2.20. The number of halogens is 4. The van der Waals surface area contributed by atoms with Gasteiger partial charge < -0.3 is 14.5 Å². The van der Waals surface area contributed by atoms with E-state index in [0.29, 0.717) is 0 Å². The van der Waals surface area contributed by atoms with Crippen molar-refractivity contribution in [2.24, 2.45) is 0 Å². The zero-order valence-corrected chi connectivity index (χ0v) is 15.9. The van der Waals surface area contributed by atoms with E-state index in [1.165, 1.54) is 42.6 Å². The highest BCUT2D eigenvalue weighted by Gasteiger charge is 2.31. The highest BCUT2D eigenvalue weighted by molar-refractivity contribution is 5.97. The maximum atomic E-state index is 14.5. The summed E-state index contributed by atoms with van der Waals surface area (Å²) in [7, 11) is 0. The zero-order chi connectivity index (χ0) is 22.9. The smallest absolute Gasteiger partial charge is 0.408 e. The van der Waals surface area contributed by atoms with E-state index < -0.39 is 35.6 Å². The lowest BCUT2D eigenvalue weighted by Crippen LogP contribution is -2.30. The highest BCUT2D eigenvalue weighted by Crippen LogP contribution is 2.28. The van der Waals surface area contributed by atoms with Crippen molar-refractivity contribution in [3.63, 3.8) is 0 Å². The molecular formula is C21H13F4N3O4. The van der Waals surface area contributed by atoms with Gasteiger partial charge in [0, 0.05) is 11.8 Å². The van der Waals surface area contributed by atoms with Crippen LogP contribution in [-0.2, 0) is 0 Å². The average molecular weight is 447 g/mol. The van der Waals surface area contributed by atoms with Crippen LogP contribution in [0.25, 0.3) is 11.1 Å². The summed E-state index contributed by atoms with van der Waals surface area (Å²) in [6, 6.07) is 10.2. The van der Waals surface area contributed by atoms with Crippen molar-refractivity contribution in [1.29, 1.82) is 0 Å². The number of H-pyrrole nitrogens is 1. The summed E-state index contributed by atoms with van der Waals surface area (Å²) in [6.45, 7) is 0. The Bertz CT molecular complexity index is 1330. The van der Waals surface area contributed by atoms with Gasteiger partial charge >= 0.3 is 12.1 Å². The number of alkyl halides is 3. The number of pyridine rings is 1. The van der Waals surface area contributed by atoms with Crippen LogP contribution in [-0.4, -0.2) is 22.2 Å². The molecule has 1 atom stereocenters. The molecule has 2 N–H and O–H groups in total. The summed E-state index contributed by atoms with van der Waals surface area (Å²) in [6.07, 6.45) is -3.55. The Balaban J connectivity index is 1.67. The number of fused-ring (bicyclic) bond motifs is 1. The van der Waals surface area contributed by atoms with Crippen LogP contribution in [0, 0.1) is 5.82 Å². The molecule has 4 aromatic rings. The van der Waals surface area contributed by atoms with E-state index in [1.54, 1.807) is 0 Å². The van der Waals surface area contributed by atoms with Gasteiger partial charge in [-0.05, 0) is 48.0 Å². The molecule has 4 rings (SSSR count). The topological polar surface area (TPSA) is 97.2 Å². The first-order valence-corrected chi connectivity index (χ1v) is 9.09. The molecule has 2 aromatic carbocycles. The maximum absolute atomic E-state index is 14.5. The van der Waals surface area contributed by atoms with Gasteiger partial charge in [0.15, 0.2) is 5.58 Å². The summed E-state index contributed by atoms with van der Waals surface area (Å²) in [4.78, 5) is 30.6. The fourth-order valence-electron chi connectivity index (χ4n) is 3.09. The number of oxazole rings is 1. The van der Waals surface area contributed by atoms with Crippen molar-refractivity contribution < 1.29 is 31.5 Å². The van der Waals surface area contributed by atoms with Crippen LogP contribution in [0.3, 0.4) is 0 Å². The Hall–Kier alpha value is -4.15. The molecule has 0 bridgehead atoms. The van der Waals surface area contributed by atoms with Crippen LogP contribution >= 0.6 is 0 Å². The van der Waals surface area contributed by atoms with Crippen LogP contribution in [0.2, 0.25) is 0 Å². The van der Waals surface area contributed by atoms with E-state index in [-0.39, 0.29) is 27.9 Å². The number of nitrogens with zero attached hydrogens (tertiary/aromatic N) is 1. The van der Waals surface area contributed by atoms with Crippen LogP contribution in [0.4, 0.5) is 17.6 Å². The van der Waals surface area contributed by atoms with Crippen LogP contribution < -0.4 is 15.8 Å². The Morgan fingerprint density at radius 3 is 2.56 bits per heavy atom. The second-order valence-corrected chi connectivity index (χ2v) is 6.62. The minimum absolute atomic E-state index is 0.132. The van der Waals surface area contributed by atoms with Gasteiger partial charge in [-0.25, -0.2) is 9.18 Å². The fourth-order valence-corrected chi connectivity index (χ4v) is 3.09. The second-order valence-electron chi connectivity index (χ2n) is 6.62. The lowest BCUT2D eigenvalue weighted by molar-refractivity contribution is -0.274. The number of hydrogen-bond donors (Lipinski definition) is 2. The molecule has 0 saturated heterocycles. The molecular weight excluding hydrogens is 434 g/mol. The number of rotatable bonds is 5. The number of carbonyl (C=O) groups excluding carboxylic acids is 1. The standard InChI is InChI=1S/C21H13F4N3O4/c22-14-2-1-9-26-18(14)17(11-3-6-13(7-4-11)32-21(23,24)25)28-19(29)12-5-8-16-15(10-12)27-20(30)31-16/h1-10,17H,(H,27,30)(H,28,29)/t17-/m0/s1. The molecule has 1 amide bonds. The Labute approximate surface area is 176 Å². The minimum Gasteiger partial charge on any atom is -0.408 e. The Morgan fingerprint density at radius 1 is 1.12 bits per heavy atom. The van der Waals surface area contributed by atoms with Gasteiger partial charge in [-0.3, -0.25) is 14.8 Å². The number of hydrogen-bond acceptors (Lipinski definition) is 5. The Kier molecular flexibility index (Phi) is 5.39. The molecule has 0 unspecified atom stereocenters. The van der Waals surface area contributed by atoms with Gasteiger partial charge in [-0.1, -0.05) is 12.1 Å². The van der Waals surface area contributed by atoms with E-state index in [1.807, 2.05) is 0 Å². The predicted molar refractivity (Wildman–Crippen MR) is 103 cm³/mol.